The minimum Gasteiger partial charge on any atom is -0.463 e. The maximum absolute atomic E-state index is 11.8. The van der Waals surface area contributed by atoms with Gasteiger partial charge in [-0.25, -0.2) is 4.98 Å². The predicted octanol–water partition coefficient (Wildman–Crippen LogP) is 2.17. The molecule has 0 saturated carbocycles. The number of rotatable bonds is 5. The van der Waals surface area contributed by atoms with E-state index in [4.69, 9.17) is 11.2 Å². The van der Waals surface area contributed by atoms with Gasteiger partial charge in [-0.1, -0.05) is 19.1 Å². The summed E-state index contributed by atoms with van der Waals surface area (Å²) in [5, 5.41) is 0. The highest BCUT2D eigenvalue weighted by molar-refractivity contribution is 5.78. The first kappa shape index (κ1) is 13.2. The summed E-state index contributed by atoms with van der Waals surface area (Å²) in [7, 11) is 0. The van der Waals surface area contributed by atoms with E-state index >= 15 is 0 Å². The number of carbonyl (C=O) groups excluding carboxylic acids is 1. The van der Waals surface area contributed by atoms with Crippen LogP contribution in [0.1, 0.15) is 19.2 Å². The predicted molar refractivity (Wildman–Crippen MR) is 73.5 cm³/mol. The molecule has 0 N–H and O–H groups in total. The van der Waals surface area contributed by atoms with Gasteiger partial charge in [0.15, 0.2) is 0 Å². The van der Waals surface area contributed by atoms with E-state index < -0.39 is 0 Å². The van der Waals surface area contributed by atoms with Gasteiger partial charge in [0.1, 0.15) is 19.0 Å². The van der Waals surface area contributed by atoms with Crippen molar-refractivity contribution in [1.82, 2.24) is 9.55 Å². The average Bonchev–Trinajstić information content (AvgIpc) is 2.77. The molecule has 98 valence electrons. The summed E-state index contributed by atoms with van der Waals surface area (Å²) in [4.78, 5) is 16.3. The van der Waals surface area contributed by atoms with Crippen LogP contribution in [0.4, 0.5) is 0 Å². The van der Waals surface area contributed by atoms with Crippen LogP contribution >= 0.6 is 0 Å². The lowest BCUT2D eigenvalue weighted by Crippen LogP contribution is -2.15. The zero-order valence-electron chi connectivity index (χ0n) is 10.9. The lowest BCUT2D eigenvalue weighted by Gasteiger charge is -2.07. The third-order valence-corrected chi connectivity index (χ3v) is 2.85. The van der Waals surface area contributed by atoms with Crippen LogP contribution in [0.3, 0.4) is 0 Å². The van der Waals surface area contributed by atoms with Gasteiger partial charge in [-0.05, 0) is 12.1 Å². The highest BCUT2D eigenvalue weighted by atomic mass is 16.5. The molecule has 0 aliphatic carbocycles. The van der Waals surface area contributed by atoms with Crippen molar-refractivity contribution in [2.24, 2.45) is 0 Å². The Morgan fingerprint density at radius 2 is 2.26 bits per heavy atom. The summed E-state index contributed by atoms with van der Waals surface area (Å²) in [6.07, 6.45) is 6.33. The fourth-order valence-corrected chi connectivity index (χ4v) is 1.97. The molecule has 0 aliphatic heterocycles. The van der Waals surface area contributed by atoms with Crippen molar-refractivity contribution in [2.75, 3.05) is 6.61 Å². The smallest absolute Gasteiger partial charge is 0.326 e. The largest absolute Gasteiger partial charge is 0.463 e. The van der Waals surface area contributed by atoms with E-state index in [0.717, 1.165) is 23.3 Å². The number of nitrogens with zero attached hydrogens (tertiary/aromatic N) is 2. The summed E-state index contributed by atoms with van der Waals surface area (Å²) < 4.78 is 6.97. The molecular weight excluding hydrogens is 240 g/mol. The van der Waals surface area contributed by atoms with E-state index in [0.29, 0.717) is 6.42 Å². The van der Waals surface area contributed by atoms with Crippen LogP contribution in [0.2, 0.25) is 0 Å². The second-order valence-corrected chi connectivity index (χ2v) is 4.13. The SMILES string of the molecule is C#CCCOC(=O)Cn1c(CC)nc2ccccc21. The molecule has 0 aliphatic rings. The Kier molecular flexibility index (Phi) is 4.19. The third kappa shape index (κ3) is 2.94. The summed E-state index contributed by atoms with van der Waals surface area (Å²) in [5.41, 5.74) is 1.85. The molecule has 0 radical (unpaired) electrons. The second-order valence-electron chi connectivity index (χ2n) is 4.13. The van der Waals surface area contributed by atoms with E-state index in [-0.39, 0.29) is 19.1 Å². The molecule has 0 fully saturated rings. The molecule has 2 rings (SSSR count). The Hall–Kier alpha value is -2.28. The summed E-state index contributed by atoms with van der Waals surface area (Å²) in [6, 6.07) is 7.76. The van der Waals surface area contributed by atoms with Gasteiger partial charge in [0.25, 0.3) is 0 Å². The van der Waals surface area contributed by atoms with Crippen molar-refractivity contribution < 1.29 is 9.53 Å². The van der Waals surface area contributed by atoms with Crippen LogP contribution in [0.5, 0.6) is 0 Å². The van der Waals surface area contributed by atoms with Crippen molar-refractivity contribution in [1.29, 1.82) is 0 Å². The number of hydrogen-bond acceptors (Lipinski definition) is 3. The van der Waals surface area contributed by atoms with E-state index in [1.54, 1.807) is 0 Å². The van der Waals surface area contributed by atoms with Crippen LogP contribution in [-0.2, 0) is 22.5 Å². The van der Waals surface area contributed by atoms with Gasteiger partial charge in [0.05, 0.1) is 11.0 Å². The lowest BCUT2D eigenvalue weighted by molar-refractivity contribution is -0.144. The maximum Gasteiger partial charge on any atom is 0.326 e. The molecule has 0 unspecified atom stereocenters. The minimum absolute atomic E-state index is 0.175. The summed E-state index contributed by atoms with van der Waals surface area (Å²) in [5.74, 6) is 3.04. The van der Waals surface area contributed by atoms with Crippen LogP contribution in [0.25, 0.3) is 11.0 Å². The summed E-state index contributed by atoms with van der Waals surface area (Å²) >= 11 is 0. The Balaban J connectivity index is 2.19. The highest BCUT2D eigenvalue weighted by Gasteiger charge is 2.12. The number of benzene rings is 1. The first-order valence-electron chi connectivity index (χ1n) is 6.29. The zero-order valence-corrected chi connectivity index (χ0v) is 10.9. The van der Waals surface area contributed by atoms with Crippen molar-refractivity contribution in [3.63, 3.8) is 0 Å². The Morgan fingerprint density at radius 1 is 1.47 bits per heavy atom. The number of fused-ring (bicyclic) bond motifs is 1. The Labute approximate surface area is 112 Å². The molecule has 1 aromatic carbocycles. The molecule has 4 nitrogen and oxygen atoms in total. The molecule has 0 amide bonds. The fourth-order valence-electron chi connectivity index (χ4n) is 1.97. The average molecular weight is 256 g/mol. The molecule has 2 aromatic rings. The van der Waals surface area contributed by atoms with Crippen molar-refractivity contribution in [3.05, 3.63) is 30.1 Å². The maximum atomic E-state index is 11.8. The van der Waals surface area contributed by atoms with Crippen LogP contribution in [0.15, 0.2) is 24.3 Å². The number of imidazole rings is 1. The number of aryl methyl sites for hydroxylation is 1. The molecular formula is C15H16N2O2. The molecule has 1 aromatic heterocycles. The number of para-hydroxylation sites is 2. The number of carbonyl (C=O) groups is 1. The van der Waals surface area contributed by atoms with Crippen LogP contribution < -0.4 is 0 Å². The van der Waals surface area contributed by atoms with Crippen LogP contribution in [0, 0.1) is 12.3 Å². The highest BCUT2D eigenvalue weighted by Crippen LogP contribution is 2.16. The van der Waals surface area contributed by atoms with Gasteiger partial charge in [-0.15, -0.1) is 12.3 Å². The number of terminal acetylenes is 1. The molecule has 19 heavy (non-hydrogen) atoms. The number of hydrogen-bond donors (Lipinski definition) is 0. The number of ether oxygens (including phenoxy) is 1. The van der Waals surface area contributed by atoms with Gasteiger partial charge in [-0.2, -0.15) is 0 Å². The van der Waals surface area contributed by atoms with Gasteiger partial charge in [0.2, 0.25) is 0 Å². The van der Waals surface area contributed by atoms with Crippen molar-refractivity contribution in [3.8, 4) is 12.3 Å². The van der Waals surface area contributed by atoms with Crippen molar-refractivity contribution >= 4 is 17.0 Å². The second kappa shape index (κ2) is 6.05. The van der Waals surface area contributed by atoms with Gasteiger partial charge in [0, 0.05) is 12.8 Å². The van der Waals surface area contributed by atoms with E-state index in [1.807, 2.05) is 35.8 Å². The molecule has 0 spiro atoms. The molecule has 0 bridgehead atoms. The fraction of sp³-hybridized carbons (Fsp3) is 0.333. The monoisotopic (exact) mass is 256 g/mol. The van der Waals surface area contributed by atoms with Gasteiger partial charge >= 0.3 is 5.97 Å². The van der Waals surface area contributed by atoms with E-state index in [9.17, 15) is 4.79 Å². The number of aromatic nitrogens is 2. The Bertz CT molecular complexity index is 623. The normalized spacial score (nSPS) is 10.3. The molecule has 0 saturated heterocycles. The van der Waals surface area contributed by atoms with Crippen LogP contribution in [-0.4, -0.2) is 22.1 Å². The first-order chi connectivity index (χ1) is 9.26. The van der Waals surface area contributed by atoms with E-state index in [2.05, 4.69) is 10.9 Å². The van der Waals surface area contributed by atoms with Gasteiger partial charge < -0.3 is 9.30 Å². The Morgan fingerprint density at radius 3 is 3.00 bits per heavy atom. The third-order valence-electron chi connectivity index (χ3n) is 2.85. The first-order valence-corrected chi connectivity index (χ1v) is 6.29. The molecule has 4 heteroatoms. The molecule has 0 atom stereocenters. The standard InChI is InChI=1S/C15H16N2O2/c1-3-5-10-19-15(18)11-17-13-9-7-6-8-12(13)16-14(17)4-2/h1,6-9H,4-5,10-11H2,2H3. The summed E-state index contributed by atoms with van der Waals surface area (Å²) in [6.45, 7) is 2.46. The zero-order chi connectivity index (χ0) is 13.7. The number of esters is 1. The topological polar surface area (TPSA) is 44.1 Å². The quantitative estimate of drug-likeness (QED) is 0.468. The van der Waals surface area contributed by atoms with E-state index in [1.165, 1.54) is 0 Å². The van der Waals surface area contributed by atoms with Crippen molar-refractivity contribution in [2.45, 2.75) is 26.3 Å². The van der Waals surface area contributed by atoms with Gasteiger partial charge in [-0.3, -0.25) is 4.79 Å². The minimum atomic E-state index is -0.284. The lowest BCUT2D eigenvalue weighted by atomic mass is 10.3. The molecule has 1 heterocycles.